The van der Waals surface area contributed by atoms with Crippen molar-refractivity contribution in [3.05, 3.63) is 51.7 Å². The van der Waals surface area contributed by atoms with Crippen LogP contribution in [-0.2, 0) is 35.0 Å². The zero-order valence-corrected chi connectivity index (χ0v) is 19.4. The third-order valence-electron chi connectivity index (χ3n) is 5.82. The Kier molecular flexibility index (Phi) is 7.17. The molecule has 0 unspecified atom stereocenters. The molecule has 0 spiro atoms. The molecule has 15 heteroatoms. The number of carbonyl (C=O) groups excluding carboxylic acids is 1. The van der Waals surface area contributed by atoms with Gasteiger partial charge in [0, 0.05) is 36.4 Å². The van der Waals surface area contributed by atoms with Crippen LogP contribution in [0.1, 0.15) is 30.2 Å². The van der Waals surface area contributed by atoms with E-state index in [-0.39, 0.29) is 32.1 Å². The molecule has 1 atom stereocenters. The second kappa shape index (κ2) is 10.0. The molecule has 3 aromatic heterocycles. The topological polar surface area (TPSA) is 105 Å². The van der Waals surface area contributed by atoms with Gasteiger partial charge in [0.15, 0.2) is 0 Å². The molecule has 2 N–H and O–H groups in total. The fourth-order valence-electron chi connectivity index (χ4n) is 4.12. The maximum absolute atomic E-state index is 13.1. The van der Waals surface area contributed by atoms with Crippen molar-refractivity contribution >= 4 is 22.6 Å². The third kappa shape index (κ3) is 5.87. The van der Waals surface area contributed by atoms with E-state index in [9.17, 15) is 35.9 Å². The largest absolute Gasteiger partial charge is 0.423 e. The molecule has 0 fully saturated rings. The van der Waals surface area contributed by atoms with Gasteiger partial charge in [0.2, 0.25) is 5.91 Å². The Bertz CT molecular complexity index is 1350. The number of pyridine rings is 1. The molecule has 1 amide bonds. The lowest BCUT2D eigenvalue weighted by Gasteiger charge is -2.29. The minimum Gasteiger partial charge on any atom is -0.379 e. The number of nitrogens with zero attached hydrogens (tertiary/aromatic N) is 4. The molecule has 3 aromatic rings. The number of H-pyrrole nitrogens is 1. The molecule has 0 saturated heterocycles. The lowest BCUT2D eigenvalue weighted by Crippen LogP contribution is -2.38. The number of aromatic amines is 1. The lowest BCUT2D eigenvalue weighted by atomic mass is 10.2. The number of amides is 1. The molecule has 0 radical (unpaired) electrons. The van der Waals surface area contributed by atoms with Gasteiger partial charge in [-0.1, -0.05) is 0 Å². The highest BCUT2D eigenvalue weighted by Gasteiger charge is 2.37. The molecule has 200 valence electrons. The number of aromatic nitrogens is 4. The van der Waals surface area contributed by atoms with Gasteiger partial charge in [-0.05, 0) is 19.1 Å². The van der Waals surface area contributed by atoms with Crippen molar-refractivity contribution in [2.24, 2.45) is 0 Å². The van der Waals surface area contributed by atoms with Crippen LogP contribution in [0.3, 0.4) is 0 Å². The van der Waals surface area contributed by atoms with Crippen molar-refractivity contribution in [2.75, 3.05) is 25.1 Å². The molecule has 0 saturated carbocycles. The number of alkyl halides is 6. The highest BCUT2D eigenvalue weighted by molar-refractivity contribution is 5.80. The molecular weight excluding hydrogens is 510 g/mol. The standard InChI is InChI=1S/C22H22F6N6O3/c1-12(31-16-9-30-32-20(36)18(16)22(26,27)28)11-37-5-2-17(35)33-3-4-34-15(10-33)7-13-6-14(21(23,24)25)8-29-19(13)34/h6-9,12H,2-5,10-11H2,1H3,(H2,31,32,36)/t12-/m0/s1. The molecule has 4 heterocycles. The molecule has 0 aromatic carbocycles. The molecule has 0 aliphatic carbocycles. The highest BCUT2D eigenvalue weighted by atomic mass is 19.4. The van der Waals surface area contributed by atoms with E-state index in [0.29, 0.717) is 29.8 Å². The normalized spacial score (nSPS) is 15.1. The first-order chi connectivity index (χ1) is 17.3. The van der Waals surface area contributed by atoms with Crippen LogP contribution in [-0.4, -0.2) is 56.4 Å². The monoisotopic (exact) mass is 532 g/mol. The quantitative estimate of drug-likeness (QED) is 0.357. The summed E-state index contributed by atoms with van der Waals surface area (Å²) in [6.07, 6.45) is -7.72. The highest BCUT2D eigenvalue weighted by Crippen LogP contribution is 2.33. The SMILES string of the molecule is C[C@@H](COCCC(=O)N1CCn2c(cc3cc(C(F)(F)F)cnc32)C1)Nc1cn[nH]c(=O)c1C(F)(F)F. The summed E-state index contributed by atoms with van der Waals surface area (Å²) >= 11 is 0. The van der Waals surface area contributed by atoms with E-state index in [2.05, 4.69) is 15.4 Å². The van der Waals surface area contributed by atoms with Gasteiger partial charge in [0.1, 0.15) is 11.2 Å². The van der Waals surface area contributed by atoms with Gasteiger partial charge < -0.3 is 19.5 Å². The number of ether oxygens (including phenoxy) is 1. The second-order valence-corrected chi connectivity index (χ2v) is 8.59. The number of rotatable bonds is 7. The van der Waals surface area contributed by atoms with E-state index >= 15 is 0 Å². The minimum absolute atomic E-state index is 0.000585. The molecule has 0 bridgehead atoms. The third-order valence-corrected chi connectivity index (χ3v) is 5.82. The van der Waals surface area contributed by atoms with Crippen molar-refractivity contribution in [3.8, 4) is 0 Å². The second-order valence-electron chi connectivity index (χ2n) is 8.59. The molecular formula is C22H22F6N6O3. The predicted molar refractivity (Wildman–Crippen MR) is 119 cm³/mol. The number of hydrogen-bond donors (Lipinski definition) is 2. The summed E-state index contributed by atoms with van der Waals surface area (Å²) in [6, 6.07) is 1.99. The Hall–Kier alpha value is -3.62. The molecule has 1 aliphatic heterocycles. The first-order valence-electron chi connectivity index (χ1n) is 11.2. The Balaban J connectivity index is 1.29. The van der Waals surface area contributed by atoms with Crippen molar-refractivity contribution in [1.29, 1.82) is 0 Å². The van der Waals surface area contributed by atoms with Crippen molar-refractivity contribution in [2.45, 2.75) is 44.8 Å². The average molecular weight is 532 g/mol. The molecule has 4 rings (SSSR count). The first-order valence-corrected chi connectivity index (χ1v) is 11.2. The number of carbonyl (C=O) groups is 1. The van der Waals surface area contributed by atoms with Crippen LogP contribution in [0.2, 0.25) is 0 Å². The van der Waals surface area contributed by atoms with Gasteiger partial charge in [-0.15, -0.1) is 0 Å². The van der Waals surface area contributed by atoms with Crippen LogP contribution < -0.4 is 10.9 Å². The Morgan fingerprint density at radius 2 is 1.92 bits per heavy atom. The van der Waals surface area contributed by atoms with Gasteiger partial charge in [0.05, 0.1) is 43.6 Å². The van der Waals surface area contributed by atoms with E-state index in [4.69, 9.17) is 4.74 Å². The van der Waals surface area contributed by atoms with E-state index in [1.54, 1.807) is 27.6 Å². The van der Waals surface area contributed by atoms with Crippen LogP contribution in [0.5, 0.6) is 0 Å². The van der Waals surface area contributed by atoms with Crippen LogP contribution >= 0.6 is 0 Å². The van der Waals surface area contributed by atoms with Gasteiger partial charge in [0.25, 0.3) is 5.56 Å². The Morgan fingerprint density at radius 1 is 1.16 bits per heavy atom. The van der Waals surface area contributed by atoms with E-state index in [1.165, 1.54) is 0 Å². The summed E-state index contributed by atoms with van der Waals surface area (Å²) < 4.78 is 85.6. The maximum Gasteiger partial charge on any atom is 0.423 e. The molecule has 37 heavy (non-hydrogen) atoms. The van der Waals surface area contributed by atoms with Crippen LogP contribution in [0.4, 0.5) is 32.0 Å². The van der Waals surface area contributed by atoms with Crippen molar-refractivity contribution in [3.63, 3.8) is 0 Å². The van der Waals surface area contributed by atoms with Gasteiger partial charge in [-0.2, -0.15) is 31.4 Å². The maximum atomic E-state index is 13.1. The Morgan fingerprint density at radius 3 is 2.62 bits per heavy atom. The number of fused-ring (bicyclic) bond motifs is 3. The zero-order chi connectivity index (χ0) is 27.0. The predicted octanol–water partition coefficient (Wildman–Crippen LogP) is 3.41. The number of nitrogens with one attached hydrogen (secondary N) is 2. The fraction of sp³-hybridized carbons (Fsp3) is 0.455. The summed E-state index contributed by atoms with van der Waals surface area (Å²) in [5, 5.41) is 8.02. The summed E-state index contributed by atoms with van der Waals surface area (Å²) in [6.45, 7) is 2.41. The van der Waals surface area contributed by atoms with Crippen LogP contribution in [0, 0.1) is 0 Å². The van der Waals surface area contributed by atoms with Crippen molar-refractivity contribution < 1.29 is 35.9 Å². The molecule has 1 aliphatic rings. The van der Waals surface area contributed by atoms with E-state index in [1.807, 2.05) is 0 Å². The summed E-state index contributed by atoms with van der Waals surface area (Å²) in [7, 11) is 0. The lowest BCUT2D eigenvalue weighted by molar-refractivity contribution is -0.138. The zero-order valence-electron chi connectivity index (χ0n) is 19.4. The average Bonchev–Trinajstić information content (AvgIpc) is 3.17. The van der Waals surface area contributed by atoms with Gasteiger partial charge in [-0.3, -0.25) is 9.59 Å². The number of halogens is 6. The van der Waals surface area contributed by atoms with E-state index < -0.39 is 40.8 Å². The summed E-state index contributed by atoms with van der Waals surface area (Å²) in [4.78, 5) is 29.7. The van der Waals surface area contributed by atoms with E-state index in [0.717, 1.165) is 18.5 Å². The first kappa shape index (κ1) is 26.4. The van der Waals surface area contributed by atoms with Gasteiger partial charge in [-0.25, -0.2) is 10.1 Å². The van der Waals surface area contributed by atoms with Crippen LogP contribution in [0.25, 0.3) is 11.0 Å². The minimum atomic E-state index is -4.87. The summed E-state index contributed by atoms with van der Waals surface area (Å²) in [5.74, 6) is -0.237. The van der Waals surface area contributed by atoms with Crippen molar-refractivity contribution in [1.82, 2.24) is 24.6 Å². The summed E-state index contributed by atoms with van der Waals surface area (Å²) in [5.41, 5.74) is -3.01. The number of anilines is 1. The fourth-order valence-corrected chi connectivity index (χ4v) is 4.12. The number of hydrogen-bond acceptors (Lipinski definition) is 6. The smallest absolute Gasteiger partial charge is 0.379 e. The van der Waals surface area contributed by atoms with Crippen LogP contribution in [0.15, 0.2) is 29.3 Å². The van der Waals surface area contributed by atoms with Gasteiger partial charge >= 0.3 is 12.4 Å². The molecule has 9 nitrogen and oxygen atoms in total. The Labute approximate surface area is 205 Å².